The molecule has 0 aliphatic rings. The van der Waals surface area contributed by atoms with Crippen molar-refractivity contribution in [3.8, 4) is 0 Å². The van der Waals surface area contributed by atoms with Crippen LogP contribution in [0.5, 0.6) is 0 Å². The predicted molar refractivity (Wildman–Crippen MR) is 77.4 cm³/mol. The van der Waals surface area contributed by atoms with Gasteiger partial charge in [-0.3, -0.25) is 0 Å². The van der Waals surface area contributed by atoms with Crippen molar-refractivity contribution in [1.29, 1.82) is 0 Å². The molecule has 112 valence electrons. The van der Waals surface area contributed by atoms with Gasteiger partial charge in [0, 0.05) is 18.9 Å². The van der Waals surface area contributed by atoms with Crippen molar-refractivity contribution in [3.63, 3.8) is 0 Å². The lowest BCUT2D eigenvalue weighted by atomic mass is 10.2. The topological polar surface area (TPSA) is 89.3 Å². The van der Waals surface area contributed by atoms with E-state index in [0.29, 0.717) is 5.82 Å². The molecule has 0 saturated carbocycles. The zero-order valence-corrected chi connectivity index (χ0v) is 12.7. The molecule has 8 heteroatoms. The van der Waals surface area contributed by atoms with E-state index >= 15 is 0 Å². The third-order valence-electron chi connectivity index (χ3n) is 3.04. The van der Waals surface area contributed by atoms with E-state index in [1.54, 1.807) is 23.9 Å². The number of benzene rings is 1. The number of aromatic nitrogens is 2. The van der Waals surface area contributed by atoms with Crippen molar-refractivity contribution in [2.24, 2.45) is 0 Å². The van der Waals surface area contributed by atoms with Gasteiger partial charge in [0.05, 0.1) is 21.2 Å². The van der Waals surface area contributed by atoms with E-state index in [-0.39, 0.29) is 27.8 Å². The number of sulfone groups is 1. The Morgan fingerprint density at radius 2 is 2.14 bits per heavy atom. The predicted octanol–water partition coefficient (Wildman–Crippen LogP) is 2.02. The van der Waals surface area contributed by atoms with Crippen LogP contribution < -0.4 is 0 Å². The first kappa shape index (κ1) is 15.5. The molecule has 0 unspecified atom stereocenters. The fraction of sp³-hybridized carbons (Fsp3) is 0.231. The van der Waals surface area contributed by atoms with Crippen LogP contribution in [0, 0.1) is 6.92 Å². The average Bonchev–Trinajstić information content (AvgIpc) is 2.82. The molecule has 1 aromatic carbocycles. The third-order valence-corrected chi connectivity index (χ3v) is 5.21. The molecule has 2 aromatic rings. The molecular formula is C13H13ClN2O4S. The molecule has 0 saturated heterocycles. The maximum absolute atomic E-state index is 12.3. The molecule has 0 amide bonds. The largest absolute Gasteiger partial charge is 0.478 e. The van der Waals surface area contributed by atoms with Crippen molar-refractivity contribution in [2.45, 2.75) is 18.4 Å². The highest BCUT2D eigenvalue weighted by atomic mass is 35.5. The van der Waals surface area contributed by atoms with E-state index in [1.807, 2.05) is 0 Å². The number of hydrogen-bond acceptors (Lipinski definition) is 4. The van der Waals surface area contributed by atoms with Crippen LogP contribution in [-0.4, -0.2) is 34.8 Å². The molecule has 21 heavy (non-hydrogen) atoms. The number of nitrogens with zero attached hydrogens (tertiary/aromatic N) is 2. The Morgan fingerprint density at radius 3 is 2.71 bits per heavy atom. The zero-order valence-electron chi connectivity index (χ0n) is 11.2. The highest BCUT2D eigenvalue weighted by Gasteiger charge is 2.20. The molecule has 0 fully saturated rings. The third kappa shape index (κ3) is 3.43. The van der Waals surface area contributed by atoms with Crippen molar-refractivity contribution < 1.29 is 18.3 Å². The summed E-state index contributed by atoms with van der Waals surface area (Å²) in [5.74, 6) is -0.684. The van der Waals surface area contributed by atoms with Crippen molar-refractivity contribution >= 4 is 27.4 Å². The van der Waals surface area contributed by atoms with Crippen molar-refractivity contribution in [1.82, 2.24) is 9.55 Å². The van der Waals surface area contributed by atoms with Gasteiger partial charge >= 0.3 is 5.97 Å². The summed E-state index contributed by atoms with van der Waals surface area (Å²) in [6.07, 6.45) is 3.26. The number of aryl methyl sites for hydroxylation is 2. The lowest BCUT2D eigenvalue weighted by Crippen LogP contribution is -2.14. The van der Waals surface area contributed by atoms with Gasteiger partial charge in [0.2, 0.25) is 0 Å². The van der Waals surface area contributed by atoms with Crippen LogP contribution in [0.3, 0.4) is 0 Å². The number of aromatic carboxylic acids is 1. The monoisotopic (exact) mass is 328 g/mol. The van der Waals surface area contributed by atoms with Crippen LogP contribution in [0.1, 0.15) is 16.2 Å². The lowest BCUT2D eigenvalue weighted by molar-refractivity contribution is 0.0696. The summed E-state index contributed by atoms with van der Waals surface area (Å²) in [5.41, 5.74) is -0.114. The van der Waals surface area contributed by atoms with Gasteiger partial charge in [-0.1, -0.05) is 11.6 Å². The second-order valence-corrected chi connectivity index (χ2v) is 6.92. The first-order valence-electron chi connectivity index (χ1n) is 6.04. The Kier molecular flexibility index (Phi) is 4.34. The van der Waals surface area contributed by atoms with Gasteiger partial charge in [-0.25, -0.2) is 18.2 Å². The highest BCUT2D eigenvalue weighted by molar-refractivity contribution is 7.91. The Morgan fingerprint density at radius 1 is 1.43 bits per heavy atom. The summed E-state index contributed by atoms with van der Waals surface area (Å²) in [5, 5.41) is 8.95. The minimum absolute atomic E-state index is 0.0161. The van der Waals surface area contributed by atoms with Crippen molar-refractivity contribution in [2.75, 3.05) is 5.75 Å². The van der Waals surface area contributed by atoms with Gasteiger partial charge in [-0.05, 0) is 25.1 Å². The number of carboxylic acid groups (broad SMARTS) is 1. The molecule has 0 spiro atoms. The van der Waals surface area contributed by atoms with Crippen molar-refractivity contribution in [3.05, 3.63) is 47.0 Å². The number of hydrogen-bond donors (Lipinski definition) is 1. The van der Waals surface area contributed by atoms with Gasteiger partial charge in [0.1, 0.15) is 5.82 Å². The minimum Gasteiger partial charge on any atom is -0.478 e. The van der Waals surface area contributed by atoms with Crippen LogP contribution in [0.25, 0.3) is 0 Å². The SMILES string of the molecule is Cc1nccn1CCS(=O)(=O)c1cc(C(=O)O)ccc1Cl. The fourth-order valence-electron chi connectivity index (χ4n) is 1.84. The average molecular weight is 329 g/mol. The number of imidazole rings is 1. The van der Waals surface area contributed by atoms with E-state index in [4.69, 9.17) is 16.7 Å². The van der Waals surface area contributed by atoms with Crippen LogP contribution in [0.2, 0.25) is 5.02 Å². The summed E-state index contributed by atoms with van der Waals surface area (Å²) in [6.45, 7) is 1.99. The lowest BCUT2D eigenvalue weighted by Gasteiger charge is -2.09. The summed E-state index contributed by atoms with van der Waals surface area (Å²) in [7, 11) is -3.68. The van der Waals surface area contributed by atoms with E-state index in [9.17, 15) is 13.2 Å². The summed E-state index contributed by atoms with van der Waals surface area (Å²) in [6, 6.07) is 3.63. The Balaban J connectivity index is 2.29. The standard InChI is InChI=1S/C13H13ClN2O4S/c1-9-15-4-5-16(9)6-7-21(19,20)12-8-10(13(17)18)2-3-11(12)14/h2-5,8H,6-7H2,1H3,(H,17,18). The van der Waals surface area contributed by atoms with Crippen LogP contribution in [-0.2, 0) is 16.4 Å². The molecule has 0 aliphatic heterocycles. The molecule has 0 bridgehead atoms. The quantitative estimate of drug-likeness (QED) is 0.907. The fourth-order valence-corrected chi connectivity index (χ4v) is 3.64. The number of halogens is 1. The zero-order chi connectivity index (χ0) is 15.6. The van der Waals surface area contributed by atoms with Crippen LogP contribution in [0.4, 0.5) is 0 Å². The van der Waals surface area contributed by atoms with Gasteiger partial charge < -0.3 is 9.67 Å². The normalized spacial score (nSPS) is 11.5. The highest BCUT2D eigenvalue weighted by Crippen LogP contribution is 2.24. The summed E-state index contributed by atoms with van der Waals surface area (Å²) < 4.78 is 26.3. The summed E-state index contributed by atoms with van der Waals surface area (Å²) in [4.78, 5) is 14.8. The molecule has 1 N–H and O–H groups in total. The van der Waals surface area contributed by atoms with E-state index in [0.717, 1.165) is 6.07 Å². The molecule has 0 radical (unpaired) electrons. The molecule has 1 heterocycles. The van der Waals surface area contributed by atoms with Gasteiger partial charge in [0.25, 0.3) is 0 Å². The maximum Gasteiger partial charge on any atom is 0.335 e. The first-order valence-corrected chi connectivity index (χ1v) is 8.07. The Labute approximate surface area is 126 Å². The molecule has 6 nitrogen and oxygen atoms in total. The van der Waals surface area contributed by atoms with Gasteiger partial charge in [0.15, 0.2) is 9.84 Å². The number of rotatable bonds is 5. The second-order valence-electron chi connectivity index (χ2n) is 4.44. The van der Waals surface area contributed by atoms with E-state index < -0.39 is 15.8 Å². The van der Waals surface area contributed by atoms with Crippen LogP contribution in [0.15, 0.2) is 35.5 Å². The van der Waals surface area contributed by atoms with Gasteiger partial charge in [-0.15, -0.1) is 0 Å². The van der Waals surface area contributed by atoms with E-state index in [1.165, 1.54) is 12.1 Å². The minimum atomic E-state index is -3.68. The molecule has 2 rings (SSSR count). The smallest absolute Gasteiger partial charge is 0.335 e. The molecule has 1 aromatic heterocycles. The Hall–Kier alpha value is -1.86. The first-order chi connectivity index (χ1) is 9.81. The molecule has 0 aliphatic carbocycles. The maximum atomic E-state index is 12.3. The number of carboxylic acids is 1. The Bertz CT molecular complexity index is 783. The number of carbonyl (C=O) groups is 1. The summed E-state index contributed by atoms with van der Waals surface area (Å²) >= 11 is 5.89. The van der Waals surface area contributed by atoms with Gasteiger partial charge in [-0.2, -0.15) is 0 Å². The second kappa shape index (κ2) is 5.87. The molecular weight excluding hydrogens is 316 g/mol. The van der Waals surface area contributed by atoms with Crippen LogP contribution >= 0.6 is 11.6 Å². The molecule has 0 atom stereocenters. The van der Waals surface area contributed by atoms with E-state index in [2.05, 4.69) is 4.98 Å².